The third kappa shape index (κ3) is 2.87. The van der Waals surface area contributed by atoms with Crippen LogP contribution in [0.5, 0.6) is 0 Å². The molecule has 1 unspecified atom stereocenters. The van der Waals surface area contributed by atoms with E-state index in [1.54, 1.807) is 0 Å². The molecule has 0 fully saturated rings. The van der Waals surface area contributed by atoms with Crippen LogP contribution >= 0.6 is 22.7 Å². The molecular weight excluding hydrogens is 272 g/mol. The van der Waals surface area contributed by atoms with Gasteiger partial charge in [0.2, 0.25) is 0 Å². The number of nitrogens with two attached hydrogens (primary N) is 1. The van der Waals surface area contributed by atoms with Gasteiger partial charge in [0.1, 0.15) is 0 Å². The maximum absolute atomic E-state index is 5.73. The number of thiophene rings is 2. The van der Waals surface area contributed by atoms with E-state index in [-0.39, 0.29) is 6.04 Å². The van der Waals surface area contributed by atoms with Crippen molar-refractivity contribution in [3.63, 3.8) is 0 Å². The monoisotopic (exact) mass is 288 g/mol. The van der Waals surface area contributed by atoms with Crippen LogP contribution < -0.4 is 11.3 Å². The minimum Gasteiger partial charge on any atom is -0.271 e. The van der Waals surface area contributed by atoms with Crippen molar-refractivity contribution in [2.45, 2.75) is 18.9 Å². The third-order valence-corrected chi connectivity index (χ3v) is 5.41. The summed E-state index contributed by atoms with van der Waals surface area (Å²) in [6.07, 6.45) is 2.10. The van der Waals surface area contributed by atoms with E-state index in [9.17, 15) is 0 Å². The van der Waals surface area contributed by atoms with Crippen molar-refractivity contribution in [3.05, 3.63) is 57.6 Å². The Morgan fingerprint density at radius 1 is 1.16 bits per heavy atom. The van der Waals surface area contributed by atoms with E-state index in [1.165, 1.54) is 19.8 Å². The van der Waals surface area contributed by atoms with Crippen LogP contribution in [-0.4, -0.2) is 0 Å². The lowest BCUT2D eigenvalue weighted by Gasteiger charge is -2.13. The largest absolute Gasteiger partial charge is 0.271 e. The number of aryl methyl sites for hydroxylation is 1. The van der Waals surface area contributed by atoms with Crippen LogP contribution in [0, 0.1) is 0 Å². The average Bonchev–Trinajstić information content (AvgIpc) is 3.08. The maximum Gasteiger partial charge on any atom is 0.0557 e. The van der Waals surface area contributed by atoms with Crippen molar-refractivity contribution in [3.8, 4) is 0 Å². The number of benzene rings is 1. The zero-order valence-electron chi connectivity index (χ0n) is 10.5. The molecule has 0 amide bonds. The first-order valence-electron chi connectivity index (χ1n) is 6.34. The highest BCUT2D eigenvalue weighted by atomic mass is 32.1. The van der Waals surface area contributed by atoms with Gasteiger partial charge in [-0.2, -0.15) is 0 Å². The van der Waals surface area contributed by atoms with E-state index < -0.39 is 0 Å². The zero-order valence-corrected chi connectivity index (χ0v) is 12.1. The van der Waals surface area contributed by atoms with Gasteiger partial charge in [-0.3, -0.25) is 11.3 Å². The van der Waals surface area contributed by atoms with Crippen molar-refractivity contribution in [2.75, 3.05) is 0 Å². The summed E-state index contributed by atoms with van der Waals surface area (Å²) in [5, 5.41) is 3.43. The number of hydrazine groups is 1. The van der Waals surface area contributed by atoms with Gasteiger partial charge in [0.05, 0.1) is 6.04 Å². The highest BCUT2D eigenvalue weighted by Crippen LogP contribution is 2.31. The highest BCUT2D eigenvalue weighted by molar-refractivity contribution is 7.19. The minimum atomic E-state index is 0.236. The Balaban J connectivity index is 1.77. The molecule has 19 heavy (non-hydrogen) atoms. The van der Waals surface area contributed by atoms with Crippen LogP contribution in [0.4, 0.5) is 0 Å². The Labute approximate surface area is 120 Å². The van der Waals surface area contributed by atoms with Crippen molar-refractivity contribution in [1.82, 2.24) is 5.43 Å². The Bertz CT molecular complexity index is 610. The molecule has 0 aliphatic heterocycles. The molecule has 0 saturated heterocycles. The number of hydrogen-bond acceptors (Lipinski definition) is 4. The molecule has 1 atom stereocenters. The van der Waals surface area contributed by atoms with Gasteiger partial charge in [-0.25, -0.2) is 0 Å². The molecule has 0 saturated carbocycles. The summed E-state index contributed by atoms with van der Waals surface area (Å²) in [5.41, 5.74) is 2.96. The van der Waals surface area contributed by atoms with Gasteiger partial charge in [-0.1, -0.05) is 24.3 Å². The second kappa shape index (κ2) is 5.84. The number of fused-ring (bicyclic) bond motifs is 1. The molecule has 98 valence electrons. The first-order chi connectivity index (χ1) is 9.36. The number of nitrogens with one attached hydrogen (secondary N) is 1. The lowest BCUT2D eigenvalue weighted by molar-refractivity contribution is 0.526. The molecule has 4 heteroatoms. The van der Waals surface area contributed by atoms with Gasteiger partial charge in [0, 0.05) is 14.5 Å². The second-order valence-electron chi connectivity index (χ2n) is 4.52. The fraction of sp³-hybridized carbons (Fsp3) is 0.200. The Hall–Kier alpha value is -1.20. The summed E-state index contributed by atoms with van der Waals surface area (Å²) in [7, 11) is 0. The highest BCUT2D eigenvalue weighted by Gasteiger charge is 2.13. The molecule has 1 aromatic carbocycles. The predicted molar refractivity (Wildman–Crippen MR) is 84.5 cm³/mol. The van der Waals surface area contributed by atoms with Crippen LogP contribution in [0.2, 0.25) is 0 Å². The number of hydrogen-bond donors (Lipinski definition) is 2. The predicted octanol–water partition coefficient (Wildman–Crippen LogP) is 4.10. The summed E-state index contributed by atoms with van der Waals surface area (Å²) < 4.78 is 1.33. The average molecular weight is 288 g/mol. The molecule has 3 rings (SSSR count). The fourth-order valence-corrected chi connectivity index (χ4v) is 4.11. The normalized spacial score (nSPS) is 12.9. The summed E-state index contributed by atoms with van der Waals surface area (Å²) in [6, 6.07) is 15.2. The van der Waals surface area contributed by atoms with E-state index in [2.05, 4.69) is 53.3 Å². The van der Waals surface area contributed by atoms with Gasteiger partial charge in [-0.15, -0.1) is 22.7 Å². The quantitative estimate of drug-likeness (QED) is 0.548. The molecule has 0 spiro atoms. The molecule has 3 N–H and O–H groups in total. The van der Waals surface area contributed by atoms with E-state index >= 15 is 0 Å². The molecular formula is C15H16N2S2. The van der Waals surface area contributed by atoms with Gasteiger partial charge in [-0.05, 0) is 41.8 Å². The zero-order chi connectivity index (χ0) is 13.1. The van der Waals surface area contributed by atoms with E-state index in [4.69, 9.17) is 5.84 Å². The first kappa shape index (κ1) is 12.8. The van der Waals surface area contributed by atoms with Crippen LogP contribution in [-0.2, 0) is 6.42 Å². The topological polar surface area (TPSA) is 38.0 Å². The van der Waals surface area contributed by atoms with E-state index in [0.717, 1.165) is 12.8 Å². The SMILES string of the molecule is NNC(CCc1cccs1)c1cc2ccccc2s1. The molecule has 2 nitrogen and oxygen atoms in total. The molecule has 0 bridgehead atoms. The molecule has 0 radical (unpaired) electrons. The smallest absolute Gasteiger partial charge is 0.0557 e. The summed E-state index contributed by atoms with van der Waals surface area (Å²) in [5.74, 6) is 5.73. The molecule has 0 aliphatic carbocycles. The first-order valence-corrected chi connectivity index (χ1v) is 8.03. The van der Waals surface area contributed by atoms with Gasteiger partial charge in [0.25, 0.3) is 0 Å². The Morgan fingerprint density at radius 2 is 2.05 bits per heavy atom. The lowest BCUT2D eigenvalue weighted by atomic mass is 10.1. The van der Waals surface area contributed by atoms with Crippen molar-refractivity contribution in [1.29, 1.82) is 0 Å². The van der Waals surface area contributed by atoms with Crippen LogP contribution in [0.1, 0.15) is 22.2 Å². The summed E-state index contributed by atoms with van der Waals surface area (Å²) in [4.78, 5) is 2.74. The molecule has 3 aromatic rings. The van der Waals surface area contributed by atoms with Crippen molar-refractivity contribution >= 4 is 32.8 Å². The third-order valence-electron chi connectivity index (χ3n) is 3.25. The Morgan fingerprint density at radius 3 is 2.79 bits per heavy atom. The van der Waals surface area contributed by atoms with Crippen molar-refractivity contribution in [2.24, 2.45) is 5.84 Å². The molecule has 2 aromatic heterocycles. The minimum absolute atomic E-state index is 0.236. The fourth-order valence-electron chi connectivity index (χ4n) is 2.22. The maximum atomic E-state index is 5.73. The standard InChI is InChI=1S/C15H16N2S2/c16-17-13(8-7-12-5-3-9-18-12)15-10-11-4-1-2-6-14(11)19-15/h1-6,9-10,13,17H,7-8,16H2. The van der Waals surface area contributed by atoms with Crippen LogP contribution in [0.3, 0.4) is 0 Å². The van der Waals surface area contributed by atoms with Crippen molar-refractivity contribution < 1.29 is 0 Å². The van der Waals surface area contributed by atoms with E-state index in [1.807, 2.05) is 22.7 Å². The lowest BCUT2D eigenvalue weighted by Crippen LogP contribution is -2.27. The van der Waals surface area contributed by atoms with Crippen LogP contribution in [0.15, 0.2) is 47.8 Å². The Kier molecular flexibility index (Phi) is 3.94. The van der Waals surface area contributed by atoms with E-state index in [0.29, 0.717) is 0 Å². The van der Waals surface area contributed by atoms with Crippen LogP contribution in [0.25, 0.3) is 10.1 Å². The number of rotatable bonds is 5. The molecule has 2 heterocycles. The van der Waals surface area contributed by atoms with Gasteiger partial charge < -0.3 is 0 Å². The second-order valence-corrected chi connectivity index (χ2v) is 6.67. The van der Waals surface area contributed by atoms with Gasteiger partial charge in [0.15, 0.2) is 0 Å². The summed E-state index contributed by atoms with van der Waals surface area (Å²) >= 11 is 3.64. The van der Waals surface area contributed by atoms with Gasteiger partial charge >= 0.3 is 0 Å². The molecule has 0 aliphatic rings. The summed E-state index contributed by atoms with van der Waals surface area (Å²) in [6.45, 7) is 0.